The summed E-state index contributed by atoms with van der Waals surface area (Å²) in [5.41, 5.74) is 12.1. The van der Waals surface area contributed by atoms with Crippen molar-refractivity contribution in [1.82, 2.24) is 5.32 Å². The van der Waals surface area contributed by atoms with Crippen LogP contribution in [0.25, 0.3) is 10.4 Å². The number of nitrogens with zero attached hydrogens (tertiary/aromatic N) is 1. The minimum absolute atomic E-state index is 0.0106. The van der Waals surface area contributed by atoms with Gasteiger partial charge < -0.3 is 31.2 Å². The molecule has 4 fully saturated rings. The number of carbonyl (C=O) groups is 2. The third-order valence-electron chi connectivity index (χ3n) is 8.81. The number of benzene rings is 1. The average Bonchev–Trinajstić information content (AvgIpc) is 3.50. The number of carboxylic acid groups (broad SMARTS) is 1. The van der Waals surface area contributed by atoms with Crippen LogP contribution in [0.5, 0.6) is 0 Å². The summed E-state index contributed by atoms with van der Waals surface area (Å²) in [5, 5.41) is 14.5. The number of amides is 2. The Bertz CT molecular complexity index is 1280. The zero-order chi connectivity index (χ0) is 27.9. The molecule has 1 aliphatic heterocycles. The molecule has 0 radical (unpaired) electrons. The first-order valence-corrected chi connectivity index (χ1v) is 14.2. The van der Waals surface area contributed by atoms with Crippen molar-refractivity contribution in [2.24, 2.45) is 33.7 Å². The zero-order valence-electron chi connectivity index (χ0n) is 22.5. The molecule has 5 unspecified atom stereocenters. The maximum Gasteiger partial charge on any atom is 0.481 e. The van der Waals surface area contributed by atoms with Crippen molar-refractivity contribution in [1.29, 1.82) is 0 Å². The number of anilines is 1. The van der Waals surface area contributed by atoms with Gasteiger partial charge in [0.2, 0.25) is 0 Å². The SMILES string of the molecule is CC1(C)C2CC3OB(C(CCCN=C(N)N)NC(=O)c4ccc(-c5cccc(NC(=O)O)c5)s4)OC3(C)C1C2. The second-order valence-corrected chi connectivity index (χ2v) is 12.6. The van der Waals surface area contributed by atoms with Gasteiger partial charge in [0.15, 0.2) is 5.96 Å². The number of guanidine groups is 1. The van der Waals surface area contributed by atoms with E-state index in [-0.39, 0.29) is 34.9 Å². The van der Waals surface area contributed by atoms with E-state index in [0.717, 1.165) is 23.3 Å². The second kappa shape index (κ2) is 10.5. The molecule has 1 aromatic carbocycles. The minimum Gasteiger partial charge on any atom is -0.465 e. The first-order chi connectivity index (χ1) is 18.5. The maximum atomic E-state index is 13.4. The van der Waals surface area contributed by atoms with Gasteiger partial charge in [0, 0.05) is 17.1 Å². The van der Waals surface area contributed by atoms with Crippen LogP contribution >= 0.6 is 11.3 Å². The molecule has 5 atom stereocenters. The van der Waals surface area contributed by atoms with Crippen LogP contribution in [0.15, 0.2) is 41.4 Å². The van der Waals surface area contributed by atoms with Gasteiger partial charge in [0.05, 0.1) is 22.5 Å². The normalized spacial score (nSPS) is 27.2. The van der Waals surface area contributed by atoms with Crippen molar-refractivity contribution < 1.29 is 24.0 Å². The molecule has 10 nitrogen and oxygen atoms in total. The van der Waals surface area contributed by atoms with Crippen LogP contribution in [-0.4, -0.2) is 54.4 Å². The summed E-state index contributed by atoms with van der Waals surface area (Å²) >= 11 is 1.34. The summed E-state index contributed by atoms with van der Waals surface area (Å²) in [7, 11) is -0.559. The lowest BCUT2D eigenvalue weighted by Gasteiger charge is -2.64. The highest BCUT2D eigenvalue weighted by atomic mass is 32.1. The molecule has 4 aliphatic rings. The smallest absolute Gasteiger partial charge is 0.465 e. The molecule has 3 aliphatic carbocycles. The number of thiophene rings is 1. The van der Waals surface area contributed by atoms with E-state index in [0.29, 0.717) is 41.8 Å². The Morgan fingerprint density at radius 3 is 2.74 bits per heavy atom. The van der Waals surface area contributed by atoms with E-state index in [1.165, 1.54) is 11.3 Å². The molecule has 2 aromatic rings. The topological polar surface area (TPSA) is 161 Å². The van der Waals surface area contributed by atoms with Crippen molar-refractivity contribution in [2.45, 2.75) is 64.1 Å². The Hall–Kier alpha value is -3.09. The Morgan fingerprint density at radius 1 is 1.23 bits per heavy atom. The van der Waals surface area contributed by atoms with E-state index in [1.807, 2.05) is 12.1 Å². The summed E-state index contributed by atoms with van der Waals surface area (Å²) in [6, 6.07) is 10.7. The summed E-state index contributed by atoms with van der Waals surface area (Å²) in [4.78, 5) is 29.9. The highest BCUT2D eigenvalue weighted by molar-refractivity contribution is 7.17. The molecular weight excluding hydrogens is 517 g/mol. The van der Waals surface area contributed by atoms with Crippen molar-refractivity contribution in [3.05, 3.63) is 41.3 Å². The Labute approximate surface area is 232 Å². The fourth-order valence-electron chi connectivity index (χ4n) is 6.60. The van der Waals surface area contributed by atoms with Gasteiger partial charge in [-0.15, -0.1) is 11.3 Å². The molecule has 208 valence electrons. The van der Waals surface area contributed by atoms with Gasteiger partial charge >= 0.3 is 13.2 Å². The Morgan fingerprint density at radius 2 is 2.03 bits per heavy atom. The molecule has 1 saturated heterocycles. The van der Waals surface area contributed by atoms with Crippen LogP contribution in [-0.2, 0) is 9.31 Å². The number of nitrogens with two attached hydrogens (primary N) is 2. The van der Waals surface area contributed by atoms with Crippen LogP contribution in [0.3, 0.4) is 0 Å². The molecule has 2 heterocycles. The molecule has 1 aromatic heterocycles. The van der Waals surface area contributed by atoms with Crippen LogP contribution in [0.4, 0.5) is 10.5 Å². The third kappa shape index (κ3) is 5.37. The molecule has 39 heavy (non-hydrogen) atoms. The maximum absolute atomic E-state index is 13.4. The lowest BCUT2D eigenvalue weighted by Crippen LogP contribution is -2.65. The van der Waals surface area contributed by atoms with Gasteiger partial charge in [0.1, 0.15) is 0 Å². The summed E-state index contributed by atoms with van der Waals surface area (Å²) in [5.74, 6) is 0.505. The second-order valence-electron chi connectivity index (χ2n) is 11.5. The van der Waals surface area contributed by atoms with Crippen molar-refractivity contribution >= 4 is 42.1 Å². The van der Waals surface area contributed by atoms with Gasteiger partial charge in [0.25, 0.3) is 5.91 Å². The highest BCUT2D eigenvalue weighted by Crippen LogP contribution is 2.65. The summed E-state index contributed by atoms with van der Waals surface area (Å²) in [6.45, 7) is 7.25. The minimum atomic E-state index is -1.13. The van der Waals surface area contributed by atoms with Crippen molar-refractivity contribution in [3.63, 3.8) is 0 Å². The standard InChI is InChI=1S/C27H36BN5O5S/c1-26(2)16-13-20(26)27(3)21(14-16)37-28(38-27)22(8-5-11-31-24(29)30)33-23(34)19-10-9-18(39-19)15-6-4-7-17(12-15)32-25(35)36/h4,6-7,9-10,12,16,20-22,32H,5,8,11,13-14H2,1-3H3,(H,33,34)(H,35,36)(H4,29,30,31). The van der Waals surface area contributed by atoms with Crippen LogP contribution in [0.1, 0.15) is 56.1 Å². The molecule has 2 bridgehead atoms. The zero-order valence-corrected chi connectivity index (χ0v) is 23.3. The fraction of sp³-hybridized carbons (Fsp3) is 0.519. The number of carbonyl (C=O) groups excluding carboxylic acids is 1. The van der Waals surface area contributed by atoms with E-state index < -0.39 is 13.2 Å². The van der Waals surface area contributed by atoms with Crippen LogP contribution in [0, 0.1) is 17.3 Å². The highest BCUT2D eigenvalue weighted by Gasteiger charge is 2.68. The largest absolute Gasteiger partial charge is 0.481 e. The lowest BCUT2D eigenvalue weighted by atomic mass is 9.43. The average molecular weight is 553 g/mol. The van der Waals surface area contributed by atoms with E-state index in [2.05, 4.69) is 36.4 Å². The molecule has 3 saturated carbocycles. The van der Waals surface area contributed by atoms with Gasteiger partial charge in [-0.2, -0.15) is 0 Å². The molecule has 7 N–H and O–H groups in total. The quantitative estimate of drug-likeness (QED) is 0.136. The predicted octanol–water partition coefficient (Wildman–Crippen LogP) is 3.92. The number of nitrogens with one attached hydrogen (secondary N) is 2. The summed E-state index contributed by atoms with van der Waals surface area (Å²) < 4.78 is 13.1. The number of rotatable bonds is 9. The number of hydrogen-bond donors (Lipinski definition) is 5. The monoisotopic (exact) mass is 553 g/mol. The van der Waals surface area contributed by atoms with E-state index in [9.17, 15) is 9.59 Å². The Kier molecular flexibility index (Phi) is 7.38. The van der Waals surface area contributed by atoms with E-state index >= 15 is 0 Å². The number of hydrogen-bond acceptors (Lipinski definition) is 6. The molecule has 12 heteroatoms. The molecule has 0 spiro atoms. The summed E-state index contributed by atoms with van der Waals surface area (Å²) in [6.07, 6.45) is 2.25. The first-order valence-electron chi connectivity index (χ1n) is 13.4. The van der Waals surface area contributed by atoms with Gasteiger partial charge in [-0.05, 0) is 79.7 Å². The third-order valence-corrected chi connectivity index (χ3v) is 9.94. The molecule has 6 rings (SSSR count). The van der Waals surface area contributed by atoms with Crippen LogP contribution < -0.4 is 22.1 Å². The van der Waals surface area contributed by atoms with Crippen LogP contribution in [0.2, 0.25) is 0 Å². The lowest BCUT2D eigenvalue weighted by molar-refractivity contribution is -0.199. The van der Waals surface area contributed by atoms with Gasteiger partial charge in [-0.1, -0.05) is 26.0 Å². The number of aliphatic imine (C=N–C) groups is 1. The fourth-order valence-corrected chi connectivity index (χ4v) is 7.50. The van der Waals surface area contributed by atoms with E-state index in [4.69, 9.17) is 25.9 Å². The van der Waals surface area contributed by atoms with Crippen molar-refractivity contribution in [2.75, 3.05) is 11.9 Å². The van der Waals surface area contributed by atoms with Gasteiger partial charge in [-0.25, -0.2) is 4.79 Å². The van der Waals surface area contributed by atoms with Crippen molar-refractivity contribution in [3.8, 4) is 10.4 Å². The van der Waals surface area contributed by atoms with E-state index in [1.54, 1.807) is 24.3 Å². The predicted molar refractivity (Wildman–Crippen MR) is 153 cm³/mol. The Balaban J connectivity index is 1.30. The first kappa shape index (κ1) is 27.5. The molecule has 2 amide bonds. The van der Waals surface area contributed by atoms with Gasteiger partial charge in [-0.3, -0.25) is 15.1 Å². The molecular formula is C27H36BN5O5S.